The Morgan fingerprint density at radius 3 is 2.44 bits per heavy atom. The Morgan fingerprint density at radius 2 is 1.76 bits per heavy atom. The summed E-state index contributed by atoms with van der Waals surface area (Å²) >= 11 is 9.08. The highest BCUT2D eigenvalue weighted by atomic mass is 35.5. The lowest BCUT2D eigenvalue weighted by Gasteiger charge is -2.35. The molecule has 0 spiro atoms. The van der Waals surface area contributed by atoms with Gasteiger partial charge in [0.15, 0.2) is 28.2 Å². The smallest absolute Gasteiger partial charge is 0.357 e. The molecule has 1 aliphatic heterocycles. The Balaban J connectivity index is 1.50. The molecule has 1 N–H and O–H groups in total. The number of nitrogens with one attached hydrogen (secondary N) is 1. The second-order valence-electron chi connectivity index (χ2n) is 9.49. The second-order valence-corrected chi connectivity index (χ2v) is 11.7. The van der Waals surface area contributed by atoms with Crippen LogP contribution in [0.2, 0.25) is 5.02 Å². The fourth-order valence-corrected chi connectivity index (χ4v) is 6.95. The number of nitrogens with zero attached hydrogens (tertiary/aromatic N) is 3. The molecule has 41 heavy (non-hydrogen) atoms. The largest absolute Gasteiger partial charge is 0.463 e. The molecule has 2 aromatic heterocycles. The summed E-state index contributed by atoms with van der Waals surface area (Å²) < 4.78 is 39.1. The van der Waals surface area contributed by atoms with E-state index in [4.69, 9.17) is 26.1 Å². The lowest BCUT2D eigenvalue weighted by Crippen LogP contribution is -2.38. The monoisotopic (exact) mass is 620 g/mol. The molecule has 0 amide bonds. The van der Waals surface area contributed by atoms with Gasteiger partial charge in [0.05, 0.1) is 28.8 Å². The van der Waals surface area contributed by atoms with E-state index in [-0.39, 0.29) is 36.2 Å². The number of halogens is 3. The standard InChI is InChI=1S/C28H27ClF2N4O4S2/c1-3-38-27(36)18-13-41-25(33-18)15-7-5-14(6-8-15)22-19(28(37)39-4-2)23(16-9-10-17(30)21(31)20(16)29)35-24(34-22)26-32-11-12-40-26/h9-15,23H,3-8H2,1-2H3,(H,34,35)/t14-,15-,23?. The van der Waals surface area contributed by atoms with Crippen LogP contribution >= 0.6 is 34.3 Å². The average molecular weight is 621 g/mol. The van der Waals surface area contributed by atoms with E-state index in [1.165, 1.54) is 28.7 Å². The van der Waals surface area contributed by atoms with Gasteiger partial charge in [0, 0.05) is 34.1 Å². The molecule has 5 rings (SSSR count). The van der Waals surface area contributed by atoms with E-state index >= 15 is 0 Å². The summed E-state index contributed by atoms with van der Waals surface area (Å²) in [5, 5.41) is 7.87. The number of ether oxygens (including phenoxy) is 2. The first-order chi connectivity index (χ1) is 19.8. The van der Waals surface area contributed by atoms with E-state index in [2.05, 4.69) is 15.3 Å². The Morgan fingerprint density at radius 1 is 1.05 bits per heavy atom. The van der Waals surface area contributed by atoms with Gasteiger partial charge in [-0.1, -0.05) is 17.7 Å². The van der Waals surface area contributed by atoms with Gasteiger partial charge < -0.3 is 14.8 Å². The zero-order valence-corrected chi connectivity index (χ0v) is 24.7. The van der Waals surface area contributed by atoms with Gasteiger partial charge in [-0.15, -0.1) is 22.7 Å². The average Bonchev–Trinajstić information content (AvgIpc) is 3.69. The van der Waals surface area contributed by atoms with Crippen molar-refractivity contribution in [2.75, 3.05) is 13.2 Å². The van der Waals surface area contributed by atoms with Crippen LogP contribution in [0, 0.1) is 17.6 Å². The zero-order valence-electron chi connectivity index (χ0n) is 22.3. The number of aliphatic imine (C=N–C) groups is 1. The van der Waals surface area contributed by atoms with Crippen molar-refractivity contribution in [1.82, 2.24) is 15.3 Å². The molecule has 2 aliphatic rings. The van der Waals surface area contributed by atoms with E-state index in [0.717, 1.165) is 23.9 Å². The minimum atomic E-state index is -1.20. The minimum absolute atomic E-state index is 0.0906. The lowest BCUT2D eigenvalue weighted by molar-refractivity contribution is -0.139. The quantitative estimate of drug-likeness (QED) is 0.224. The van der Waals surface area contributed by atoms with Crippen LogP contribution in [0.5, 0.6) is 0 Å². The third-order valence-corrected chi connectivity index (χ3v) is 9.23. The van der Waals surface area contributed by atoms with Crippen LogP contribution in [0.3, 0.4) is 0 Å². The third-order valence-electron chi connectivity index (χ3n) is 7.06. The number of carbonyl (C=O) groups is 2. The summed E-state index contributed by atoms with van der Waals surface area (Å²) in [5.41, 5.74) is 1.29. The van der Waals surface area contributed by atoms with Crippen LogP contribution in [-0.4, -0.2) is 41.0 Å². The minimum Gasteiger partial charge on any atom is -0.463 e. The van der Waals surface area contributed by atoms with Crippen molar-refractivity contribution in [3.63, 3.8) is 0 Å². The summed E-state index contributed by atoms with van der Waals surface area (Å²) in [5.74, 6) is -2.87. The first-order valence-electron chi connectivity index (χ1n) is 13.2. The molecule has 0 bridgehead atoms. The highest BCUT2D eigenvalue weighted by Crippen LogP contribution is 2.44. The molecule has 1 unspecified atom stereocenters. The summed E-state index contributed by atoms with van der Waals surface area (Å²) in [7, 11) is 0. The number of aromatic nitrogens is 2. The van der Waals surface area contributed by atoms with Crippen molar-refractivity contribution < 1.29 is 27.8 Å². The summed E-state index contributed by atoms with van der Waals surface area (Å²) in [4.78, 5) is 39.1. The van der Waals surface area contributed by atoms with Crippen molar-refractivity contribution in [2.45, 2.75) is 51.5 Å². The number of hydrogen-bond donors (Lipinski definition) is 1. The lowest BCUT2D eigenvalue weighted by atomic mass is 9.78. The van der Waals surface area contributed by atoms with E-state index in [1.54, 1.807) is 30.8 Å². The molecule has 3 heterocycles. The number of esters is 2. The maximum atomic E-state index is 14.6. The highest BCUT2D eigenvalue weighted by molar-refractivity contribution is 7.11. The number of thiazole rings is 2. The molecular formula is C28H27ClF2N4O4S2. The van der Waals surface area contributed by atoms with Crippen LogP contribution in [-0.2, 0) is 14.3 Å². The fourth-order valence-electron chi connectivity index (χ4n) is 5.15. The molecule has 13 heteroatoms. The van der Waals surface area contributed by atoms with Crippen molar-refractivity contribution in [1.29, 1.82) is 0 Å². The van der Waals surface area contributed by atoms with Crippen molar-refractivity contribution in [3.8, 4) is 0 Å². The van der Waals surface area contributed by atoms with Gasteiger partial charge in [0.1, 0.15) is 6.04 Å². The topological polar surface area (TPSA) is 103 Å². The number of amidine groups is 1. The maximum Gasteiger partial charge on any atom is 0.357 e. The molecule has 3 aromatic rings. The Kier molecular flexibility index (Phi) is 9.10. The predicted molar refractivity (Wildman–Crippen MR) is 152 cm³/mol. The first-order valence-corrected chi connectivity index (χ1v) is 15.4. The van der Waals surface area contributed by atoms with Gasteiger partial charge >= 0.3 is 11.9 Å². The van der Waals surface area contributed by atoms with Crippen LogP contribution in [0.4, 0.5) is 8.78 Å². The Hall–Kier alpha value is -3.22. The number of rotatable bonds is 8. The van der Waals surface area contributed by atoms with E-state index < -0.39 is 34.6 Å². The number of hydrogen-bond acceptors (Lipinski definition) is 10. The van der Waals surface area contributed by atoms with Crippen LogP contribution in [0.15, 0.2) is 45.4 Å². The molecule has 1 aromatic carbocycles. The van der Waals surface area contributed by atoms with Gasteiger partial charge in [0.25, 0.3) is 0 Å². The number of allylic oxidation sites excluding steroid dienone is 1. The Bertz CT molecular complexity index is 1500. The molecule has 0 radical (unpaired) electrons. The molecule has 1 saturated carbocycles. The van der Waals surface area contributed by atoms with Gasteiger partial charge in [0.2, 0.25) is 0 Å². The zero-order chi connectivity index (χ0) is 29.1. The fraction of sp³-hybridized carbons (Fsp3) is 0.393. The first kappa shape index (κ1) is 29.3. The summed E-state index contributed by atoms with van der Waals surface area (Å²) in [6.07, 6.45) is 4.57. The van der Waals surface area contributed by atoms with Gasteiger partial charge in [-0.3, -0.25) is 4.99 Å². The van der Waals surface area contributed by atoms with Crippen molar-refractivity contribution in [2.24, 2.45) is 10.9 Å². The van der Waals surface area contributed by atoms with Crippen LogP contribution < -0.4 is 5.32 Å². The third kappa shape index (κ3) is 6.05. The molecular weight excluding hydrogens is 594 g/mol. The predicted octanol–water partition coefficient (Wildman–Crippen LogP) is 6.59. The normalized spacial score (nSPS) is 20.8. The molecule has 1 atom stereocenters. The summed E-state index contributed by atoms with van der Waals surface area (Å²) in [6.45, 7) is 3.85. The van der Waals surface area contributed by atoms with E-state index in [9.17, 15) is 18.4 Å². The van der Waals surface area contributed by atoms with Gasteiger partial charge in [-0.2, -0.15) is 0 Å². The molecule has 216 valence electrons. The summed E-state index contributed by atoms with van der Waals surface area (Å²) in [6, 6.07) is 1.29. The van der Waals surface area contributed by atoms with Crippen molar-refractivity contribution >= 4 is 52.0 Å². The molecule has 0 saturated heterocycles. The van der Waals surface area contributed by atoms with Gasteiger partial charge in [-0.25, -0.2) is 28.3 Å². The molecule has 8 nitrogen and oxygen atoms in total. The Labute approximate surface area is 248 Å². The highest BCUT2D eigenvalue weighted by Gasteiger charge is 2.39. The second kappa shape index (κ2) is 12.7. The number of benzene rings is 1. The maximum absolute atomic E-state index is 14.6. The SMILES string of the molecule is CCOC(=O)C1=C([C@H]2CC[C@H](c3nc(C(=O)OCC)cs3)CC2)NC(c2nccs2)=NC1c1ccc(F)c(F)c1Cl. The van der Waals surface area contributed by atoms with Crippen LogP contribution in [0.25, 0.3) is 0 Å². The van der Waals surface area contributed by atoms with Crippen molar-refractivity contribution in [3.05, 3.63) is 78.3 Å². The van der Waals surface area contributed by atoms with E-state index in [1.807, 2.05) is 0 Å². The van der Waals surface area contributed by atoms with Crippen LogP contribution in [0.1, 0.15) is 77.6 Å². The van der Waals surface area contributed by atoms with E-state index in [0.29, 0.717) is 35.1 Å². The molecule has 1 fully saturated rings. The number of carbonyl (C=O) groups excluding carboxylic acids is 2. The molecule has 1 aliphatic carbocycles. The van der Waals surface area contributed by atoms with Gasteiger partial charge in [-0.05, 0) is 51.5 Å².